The topological polar surface area (TPSA) is 156 Å². The van der Waals surface area contributed by atoms with Crippen molar-refractivity contribution in [3.63, 3.8) is 0 Å². The van der Waals surface area contributed by atoms with Crippen molar-refractivity contribution in [2.24, 2.45) is 10.8 Å². The summed E-state index contributed by atoms with van der Waals surface area (Å²) in [5.41, 5.74) is -0.846. The first-order valence-corrected chi connectivity index (χ1v) is 17.1. The standard InChI is InChI=1S/C35H49N5O7/c1-5-11-25(28(42)31(44)36-22-16-17-22)37-30(43)26-18-35(19-27(41)38(20-35)23-12-7-6-8-13-23)21-39(26)32(45)29(34(2,3)4)40(33(46)47)24-14-9-10-15-24/h6-8,12-13,22,24-26,29H,5,9-11,14-21H2,1-4H3,(H,36,44)(H,37,43)(H,46,47)/t25-,26-,29+,35-/m0/s1. The summed E-state index contributed by atoms with van der Waals surface area (Å²) in [5, 5.41) is 15.9. The van der Waals surface area contributed by atoms with Gasteiger partial charge in [0.25, 0.3) is 5.91 Å². The lowest BCUT2D eigenvalue weighted by Crippen LogP contribution is -2.61. The number of Topliss-reactive ketones (excluding diaryl/α,β-unsaturated/α-hetero) is 1. The number of nitrogens with zero attached hydrogens (tertiary/aromatic N) is 3. The number of likely N-dealkylation sites (tertiary alicyclic amines) is 1. The maximum atomic E-state index is 14.8. The van der Waals surface area contributed by atoms with Gasteiger partial charge >= 0.3 is 6.09 Å². The lowest BCUT2D eigenvalue weighted by atomic mass is 9.83. The van der Waals surface area contributed by atoms with Crippen molar-refractivity contribution in [2.45, 2.75) is 122 Å². The van der Waals surface area contributed by atoms with Crippen LogP contribution in [0.5, 0.6) is 0 Å². The molecule has 4 fully saturated rings. The smallest absolute Gasteiger partial charge is 0.408 e. The third-order valence-corrected chi connectivity index (χ3v) is 10.1. The molecule has 47 heavy (non-hydrogen) atoms. The molecule has 5 amide bonds. The van der Waals surface area contributed by atoms with E-state index in [1.165, 1.54) is 9.80 Å². The molecule has 0 aromatic heterocycles. The fourth-order valence-corrected chi connectivity index (χ4v) is 7.70. The molecule has 0 radical (unpaired) electrons. The molecule has 0 bridgehead atoms. The third kappa shape index (κ3) is 7.46. The van der Waals surface area contributed by atoms with Gasteiger partial charge in [0.15, 0.2) is 0 Å². The Hall–Kier alpha value is -3.96. The average Bonchev–Trinajstić information content (AvgIpc) is 3.38. The maximum Gasteiger partial charge on any atom is 0.408 e. The van der Waals surface area contributed by atoms with Crippen LogP contribution in [0.3, 0.4) is 0 Å². The lowest BCUT2D eigenvalue weighted by molar-refractivity contribution is -0.147. The Kier molecular flexibility index (Phi) is 9.98. The van der Waals surface area contributed by atoms with Gasteiger partial charge in [-0.25, -0.2) is 4.79 Å². The van der Waals surface area contributed by atoms with Crippen LogP contribution in [0.4, 0.5) is 10.5 Å². The van der Waals surface area contributed by atoms with Crippen LogP contribution in [0.1, 0.15) is 91.9 Å². The van der Waals surface area contributed by atoms with Crippen LogP contribution >= 0.6 is 0 Å². The Morgan fingerprint density at radius 3 is 2.26 bits per heavy atom. The summed E-state index contributed by atoms with van der Waals surface area (Å²) in [4.78, 5) is 85.5. The summed E-state index contributed by atoms with van der Waals surface area (Å²) in [5.74, 6) is -2.65. The Morgan fingerprint density at radius 1 is 1.02 bits per heavy atom. The van der Waals surface area contributed by atoms with Gasteiger partial charge in [-0.3, -0.25) is 28.9 Å². The number of carboxylic acid groups (broad SMARTS) is 1. The second kappa shape index (κ2) is 13.6. The van der Waals surface area contributed by atoms with Gasteiger partial charge in [-0.05, 0) is 56.1 Å². The molecule has 256 valence electrons. The molecule has 4 atom stereocenters. The van der Waals surface area contributed by atoms with E-state index in [-0.39, 0.29) is 50.3 Å². The molecule has 1 aromatic carbocycles. The number of hydrogen-bond donors (Lipinski definition) is 3. The van der Waals surface area contributed by atoms with Crippen molar-refractivity contribution in [2.75, 3.05) is 18.0 Å². The number of anilines is 1. The number of carbonyl (C=O) groups is 6. The molecule has 4 aliphatic rings. The summed E-state index contributed by atoms with van der Waals surface area (Å²) in [6.45, 7) is 7.70. The van der Waals surface area contributed by atoms with Crippen LogP contribution in [-0.4, -0.2) is 93.7 Å². The average molecular weight is 652 g/mol. The number of hydrogen-bond acceptors (Lipinski definition) is 6. The lowest BCUT2D eigenvalue weighted by Gasteiger charge is -2.43. The van der Waals surface area contributed by atoms with E-state index in [1.807, 2.05) is 58.0 Å². The SMILES string of the molecule is CCC[C@H](NC(=O)[C@@H]1C[C@@]2(CC(=O)N(c3ccccc3)C2)CN1C(=O)[C@@H](N(C(=O)O)C1CCCC1)C(C)(C)C)C(=O)C(=O)NC1CC1. The van der Waals surface area contributed by atoms with Gasteiger partial charge in [0.05, 0.1) is 6.04 Å². The van der Waals surface area contributed by atoms with E-state index in [0.29, 0.717) is 19.3 Å². The number of ketones is 1. The van der Waals surface area contributed by atoms with Gasteiger partial charge in [-0.1, -0.05) is 65.2 Å². The Balaban J connectivity index is 1.47. The summed E-state index contributed by atoms with van der Waals surface area (Å²) in [6, 6.07) is 5.68. The van der Waals surface area contributed by atoms with Crippen molar-refractivity contribution in [3.05, 3.63) is 30.3 Å². The molecule has 12 nitrogen and oxygen atoms in total. The molecule has 12 heteroatoms. The minimum Gasteiger partial charge on any atom is -0.465 e. The Labute approximate surface area is 276 Å². The van der Waals surface area contributed by atoms with E-state index >= 15 is 0 Å². The predicted molar refractivity (Wildman–Crippen MR) is 174 cm³/mol. The van der Waals surface area contributed by atoms with Gasteiger partial charge in [-0.2, -0.15) is 0 Å². The molecule has 5 rings (SSSR count). The highest BCUT2D eigenvalue weighted by Crippen LogP contribution is 2.46. The quantitative estimate of drug-likeness (QED) is 0.309. The summed E-state index contributed by atoms with van der Waals surface area (Å²) in [6.07, 6.45) is 4.55. The highest BCUT2D eigenvalue weighted by atomic mass is 16.4. The van der Waals surface area contributed by atoms with E-state index in [9.17, 15) is 33.9 Å². The fourth-order valence-electron chi connectivity index (χ4n) is 7.70. The van der Waals surface area contributed by atoms with E-state index in [0.717, 1.165) is 31.4 Å². The van der Waals surface area contributed by atoms with Gasteiger partial charge in [0.2, 0.25) is 23.5 Å². The normalized spacial score (nSPS) is 24.3. The molecule has 2 saturated heterocycles. The first-order valence-electron chi connectivity index (χ1n) is 17.1. The second-order valence-electron chi connectivity index (χ2n) is 15.0. The zero-order valence-electron chi connectivity index (χ0n) is 28.0. The molecule has 3 N–H and O–H groups in total. The Morgan fingerprint density at radius 2 is 1.68 bits per heavy atom. The van der Waals surface area contributed by atoms with Crippen LogP contribution in [0.15, 0.2) is 30.3 Å². The van der Waals surface area contributed by atoms with Crippen LogP contribution < -0.4 is 15.5 Å². The van der Waals surface area contributed by atoms with Crippen molar-refractivity contribution in [1.29, 1.82) is 0 Å². The third-order valence-electron chi connectivity index (χ3n) is 10.1. The monoisotopic (exact) mass is 651 g/mol. The van der Waals surface area contributed by atoms with Crippen molar-refractivity contribution < 1.29 is 33.9 Å². The molecule has 2 saturated carbocycles. The predicted octanol–water partition coefficient (Wildman–Crippen LogP) is 3.48. The number of benzene rings is 1. The van der Waals surface area contributed by atoms with Gasteiger partial charge in [-0.15, -0.1) is 0 Å². The van der Waals surface area contributed by atoms with Crippen LogP contribution in [0.25, 0.3) is 0 Å². The minimum absolute atomic E-state index is 0.0222. The molecule has 2 aliphatic heterocycles. The maximum absolute atomic E-state index is 14.8. The van der Waals surface area contributed by atoms with Crippen LogP contribution in [-0.2, 0) is 24.0 Å². The van der Waals surface area contributed by atoms with Gasteiger partial charge in [0, 0.05) is 42.7 Å². The van der Waals surface area contributed by atoms with Gasteiger partial charge < -0.3 is 25.5 Å². The minimum atomic E-state index is -1.18. The highest BCUT2D eigenvalue weighted by molar-refractivity contribution is 6.38. The highest BCUT2D eigenvalue weighted by Gasteiger charge is 2.57. The summed E-state index contributed by atoms with van der Waals surface area (Å²) >= 11 is 0. The van der Waals surface area contributed by atoms with Crippen LogP contribution in [0.2, 0.25) is 0 Å². The Bertz CT molecular complexity index is 1380. The molecule has 2 heterocycles. The molecular weight excluding hydrogens is 602 g/mol. The molecular formula is C35H49N5O7. The van der Waals surface area contributed by atoms with Crippen LogP contribution in [0, 0.1) is 10.8 Å². The summed E-state index contributed by atoms with van der Waals surface area (Å²) in [7, 11) is 0. The number of para-hydroxylation sites is 1. The number of amides is 5. The van der Waals surface area contributed by atoms with Crippen molar-refractivity contribution in [3.8, 4) is 0 Å². The second-order valence-corrected chi connectivity index (χ2v) is 15.0. The number of rotatable bonds is 11. The van der Waals surface area contributed by atoms with Crippen molar-refractivity contribution >= 4 is 41.2 Å². The summed E-state index contributed by atoms with van der Waals surface area (Å²) < 4.78 is 0. The largest absolute Gasteiger partial charge is 0.465 e. The van der Waals surface area contributed by atoms with E-state index < -0.39 is 58.6 Å². The fraction of sp³-hybridized carbons (Fsp3) is 0.657. The van der Waals surface area contributed by atoms with E-state index in [2.05, 4.69) is 10.6 Å². The van der Waals surface area contributed by atoms with Crippen molar-refractivity contribution in [1.82, 2.24) is 20.4 Å². The molecule has 2 aliphatic carbocycles. The number of carbonyl (C=O) groups excluding carboxylic acids is 5. The van der Waals surface area contributed by atoms with E-state index in [1.54, 1.807) is 4.90 Å². The zero-order chi connectivity index (χ0) is 34.1. The zero-order valence-corrected chi connectivity index (χ0v) is 28.0. The van der Waals surface area contributed by atoms with E-state index in [4.69, 9.17) is 0 Å². The van der Waals surface area contributed by atoms with Gasteiger partial charge in [0.1, 0.15) is 12.1 Å². The molecule has 0 unspecified atom stereocenters. The number of nitrogens with one attached hydrogen (secondary N) is 2. The molecule has 1 spiro atoms. The first-order chi connectivity index (χ1) is 22.2. The first kappa shape index (κ1) is 34.4. The molecule has 1 aromatic rings.